The molecule has 0 aliphatic heterocycles. The average molecular weight is 334 g/mol. The van der Waals surface area contributed by atoms with E-state index in [9.17, 15) is 4.79 Å². The molecule has 0 spiro atoms. The highest BCUT2D eigenvalue weighted by molar-refractivity contribution is 6.31. The van der Waals surface area contributed by atoms with Gasteiger partial charge < -0.3 is 14.8 Å². The maximum Gasteiger partial charge on any atom is 0.251 e. The second-order valence-electron chi connectivity index (χ2n) is 4.97. The lowest BCUT2D eigenvalue weighted by Crippen LogP contribution is -2.28. The highest BCUT2D eigenvalue weighted by Crippen LogP contribution is 2.21. The van der Waals surface area contributed by atoms with Gasteiger partial charge in [0, 0.05) is 10.6 Å². The highest BCUT2D eigenvalue weighted by atomic mass is 35.5. The maximum atomic E-state index is 12.0. The number of ether oxygens (including phenoxy) is 2. The topological polar surface area (TPSA) is 47.6 Å². The fourth-order valence-electron chi connectivity index (χ4n) is 1.97. The molecule has 0 atom stereocenters. The third kappa shape index (κ3) is 5.18. The number of carbonyl (C=O) groups excluding carboxylic acids is 1. The van der Waals surface area contributed by atoms with Crippen LogP contribution >= 0.6 is 11.6 Å². The minimum atomic E-state index is -0.140. The molecule has 1 N–H and O–H groups in total. The third-order valence-corrected chi connectivity index (χ3v) is 3.63. The van der Waals surface area contributed by atoms with Crippen molar-refractivity contribution in [3.63, 3.8) is 0 Å². The van der Waals surface area contributed by atoms with E-state index in [0.717, 1.165) is 11.3 Å². The van der Waals surface area contributed by atoms with E-state index in [1.807, 2.05) is 26.0 Å². The predicted octanol–water partition coefficient (Wildman–Crippen LogP) is 3.86. The van der Waals surface area contributed by atoms with Gasteiger partial charge in [0.15, 0.2) is 0 Å². The number of amides is 1. The van der Waals surface area contributed by atoms with Crippen molar-refractivity contribution in [2.24, 2.45) is 0 Å². The number of hydrogen-bond acceptors (Lipinski definition) is 3. The summed E-state index contributed by atoms with van der Waals surface area (Å²) in [6.45, 7) is 5.25. The number of rotatable bonds is 7. The summed E-state index contributed by atoms with van der Waals surface area (Å²) in [7, 11) is 0. The molecule has 1 amide bonds. The minimum Gasteiger partial charge on any atom is -0.494 e. The summed E-state index contributed by atoms with van der Waals surface area (Å²) < 4.78 is 10.9. The fourth-order valence-corrected chi connectivity index (χ4v) is 2.14. The van der Waals surface area contributed by atoms with Gasteiger partial charge in [-0.3, -0.25) is 4.79 Å². The first-order valence-corrected chi connectivity index (χ1v) is 7.88. The second-order valence-corrected chi connectivity index (χ2v) is 5.38. The summed E-state index contributed by atoms with van der Waals surface area (Å²) in [6.07, 6.45) is 0. The van der Waals surface area contributed by atoms with E-state index in [0.29, 0.717) is 36.1 Å². The molecule has 0 heterocycles. The Morgan fingerprint density at radius 3 is 2.43 bits per heavy atom. The summed E-state index contributed by atoms with van der Waals surface area (Å²) >= 11 is 6.03. The monoisotopic (exact) mass is 333 g/mol. The normalized spacial score (nSPS) is 10.2. The van der Waals surface area contributed by atoms with Crippen LogP contribution in [0.5, 0.6) is 11.5 Å². The van der Waals surface area contributed by atoms with Crippen molar-refractivity contribution in [2.45, 2.75) is 13.8 Å². The van der Waals surface area contributed by atoms with Crippen molar-refractivity contribution < 1.29 is 14.3 Å². The van der Waals surface area contributed by atoms with Gasteiger partial charge >= 0.3 is 0 Å². The van der Waals surface area contributed by atoms with Crippen molar-refractivity contribution >= 4 is 17.5 Å². The van der Waals surface area contributed by atoms with E-state index in [-0.39, 0.29) is 5.91 Å². The summed E-state index contributed by atoms with van der Waals surface area (Å²) in [5.41, 5.74) is 1.59. The van der Waals surface area contributed by atoms with Crippen LogP contribution in [0.25, 0.3) is 0 Å². The lowest BCUT2D eigenvalue weighted by atomic mass is 10.2. The molecule has 2 rings (SSSR count). The van der Waals surface area contributed by atoms with Gasteiger partial charge in [-0.1, -0.05) is 17.7 Å². The number of nitrogens with one attached hydrogen (secondary N) is 1. The number of carbonyl (C=O) groups is 1. The van der Waals surface area contributed by atoms with Crippen LogP contribution in [0, 0.1) is 6.92 Å². The molecular formula is C18H20ClNO3. The van der Waals surface area contributed by atoms with Gasteiger partial charge in [0.2, 0.25) is 0 Å². The average Bonchev–Trinajstić information content (AvgIpc) is 2.55. The minimum absolute atomic E-state index is 0.140. The zero-order valence-corrected chi connectivity index (χ0v) is 14.0. The lowest BCUT2D eigenvalue weighted by Gasteiger charge is -2.09. The Kier molecular flexibility index (Phi) is 6.29. The molecule has 0 fully saturated rings. The lowest BCUT2D eigenvalue weighted by molar-refractivity contribution is 0.0947. The standard InChI is InChI=1S/C18H20ClNO3/c1-3-22-15-8-5-14(6-9-15)18(21)20-10-11-23-16-7-4-13(2)17(19)12-16/h4-9,12H,3,10-11H2,1-2H3,(H,20,21). The van der Waals surface area contributed by atoms with Crippen LogP contribution in [0.4, 0.5) is 0 Å². The van der Waals surface area contributed by atoms with Crippen molar-refractivity contribution in [1.82, 2.24) is 5.32 Å². The largest absolute Gasteiger partial charge is 0.494 e. The molecule has 0 aromatic heterocycles. The van der Waals surface area contributed by atoms with Crippen molar-refractivity contribution in [1.29, 1.82) is 0 Å². The van der Waals surface area contributed by atoms with Crippen LogP contribution < -0.4 is 14.8 Å². The van der Waals surface area contributed by atoms with E-state index in [4.69, 9.17) is 21.1 Å². The molecule has 0 saturated heterocycles. The second kappa shape index (κ2) is 8.44. The quantitative estimate of drug-likeness (QED) is 0.783. The van der Waals surface area contributed by atoms with E-state index in [1.54, 1.807) is 30.3 Å². The van der Waals surface area contributed by atoms with Crippen LogP contribution in [0.15, 0.2) is 42.5 Å². The van der Waals surface area contributed by atoms with E-state index in [2.05, 4.69) is 5.32 Å². The van der Waals surface area contributed by atoms with Gasteiger partial charge in [-0.15, -0.1) is 0 Å². The first-order valence-electron chi connectivity index (χ1n) is 7.50. The Bertz CT molecular complexity index is 656. The zero-order chi connectivity index (χ0) is 16.7. The van der Waals surface area contributed by atoms with Gasteiger partial charge in [0.05, 0.1) is 13.2 Å². The molecule has 23 heavy (non-hydrogen) atoms. The molecule has 2 aromatic carbocycles. The van der Waals surface area contributed by atoms with Gasteiger partial charge in [-0.25, -0.2) is 0 Å². The van der Waals surface area contributed by atoms with Gasteiger partial charge in [0.25, 0.3) is 5.91 Å². The molecule has 122 valence electrons. The SMILES string of the molecule is CCOc1ccc(C(=O)NCCOc2ccc(C)c(Cl)c2)cc1. The molecule has 0 aliphatic rings. The van der Waals surface area contributed by atoms with E-state index >= 15 is 0 Å². The molecule has 0 unspecified atom stereocenters. The molecule has 4 nitrogen and oxygen atoms in total. The number of aryl methyl sites for hydroxylation is 1. The van der Waals surface area contributed by atoms with Crippen molar-refractivity contribution in [3.05, 3.63) is 58.6 Å². The Labute approximate surface area is 141 Å². The zero-order valence-electron chi connectivity index (χ0n) is 13.3. The summed E-state index contributed by atoms with van der Waals surface area (Å²) in [4.78, 5) is 12.0. The third-order valence-electron chi connectivity index (χ3n) is 3.23. The smallest absolute Gasteiger partial charge is 0.251 e. The Balaban J connectivity index is 1.77. The number of hydrogen-bond donors (Lipinski definition) is 1. The highest BCUT2D eigenvalue weighted by Gasteiger charge is 2.05. The van der Waals surface area contributed by atoms with E-state index < -0.39 is 0 Å². The van der Waals surface area contributed by atoms with Gasteiger partial charge in [-0.2, -0.15) is 0 Å². The Morgan fingerprint density at radius 2 is 1.78 bits per heavy atom. The van der Waals surface area contributed by atoms with Gasteiger partial charge in [0.1, 0.15) is 18.1 Å². The van der Waals surface area contributed by atoms with Crippen molar-refractivity contribution in [3.8, 4) is 11.5 Å². The predicted molar refractivity (Wildman–Crippen MR) is 91.6 cm³/mol. The Hall–Kier alpha value is -2.20. The summed E-state index contributed by atoms with van der Waals surface area (Å²) in [5, 5.41) is 3.48. The van der Waals surface area contributed by atoms with Crippen LogP contribution in [-0.4, -0.2) is 25.7 Å². The summed E-state index contributed by atoms with van der Waals surface area (Å²) in [6, 6.07) is 12.6. The maximum absolute atomic E-state index is 12.0. The number of halogens is 1. The molecule has 0 radical (unpaired) electrons. The van der Waals surface area contributed by atoms with Crippen LogP contribution in [0.1, 0.15) is 22.8 Å². The molecular weight excluding hydrogens is 314 g/mol. The van der Waals surface area contributed by atoms with Crippen LogP contribution in [0.2, 0.25) is 5.02 Å². The van der Waals surface area contributed by atoms with Crippen LogP contribution in [0.3, 0.4) is 0 Å². The van der Waals surface area contributed by atoms with E-state index in [1.165, 1.54) is 0 Å². The first-order chi connectivity index (χ1) is 11.1. The molecule has 0 aliphatic carbocycles. The van der Waals surface area contributed by atoms with Gasteiger partial charge in [-0.05, 0) is 55.8 Å². The molecule has 0 saturated carbocycles. The molecule has 2 aromatic rings. The molecule has 5 heteroatoms. The van der Waals surface area contributed by atoms with Crippen LogP contribution in [-0.2, 0) is 0 Å². The molecule has 0 bridgehead atoms. The fraction of sp³-hybridized carbons (Fsp3) is 0.278. The number of benzene rings is 2. The summed E-state index contributed by atoms with van der Waals surface area (Å²) in [5.74, 6) is 1.30. The Morgan fingerprint density at radius 1 is 1.09 bits per heavy atom. The van der Waals surface area contributed by atoms with Crippen molar-refractivity contribution in [2.75, 3.05) is 19.8 Å². The first kappa shape index (κ1) is 17.2.